The lowest BCUT2D eigenvalue weighted by Crippen LogP contribution is -2.37. The largest absolute Gasteiger partial charge is 0.385 e. The monoisotopic (exact) mass is 287 g/mol. The maximum Gasteiger partial charge on any atom is 0.254 e. The summed E-state index contributed by atoms with van der Waals surface area (Å²) in [6.45, 7) is 3.80. The molecule has 0 radical (unpaired) electrons. The zero-order chi connectivity index (χ0) is 14.8. The van der Waals surface area contributed by atoms with Gasteiger partial charge in [-0.3, -0.25) is 9.59 Å². The number of likely N-dealkylation sites (tertiary alicyclic amines) is 1. The van der Waals surface area contributed by atoms with E-state index in [9.17, 15) is 9.59 Å². The molecular formula is C16H21N3O2. The van der Waals surface area contributed by atoms with Crippen LogP contribution >= 0.6 is 0 Å². The fraction of sp³-hybridized carbons (Fsp3) is 0.500. The van der Waals surface area contributed by atoms with Crippen LogP contribution in [0.3, 0.4) is 0 Å². The van der Waals surface area contributed by atoms with E-state index in [1.54, 1.807) is 0 Å². The van der Waals surface area contributed by atoms with Gasteiger partial charge in [0.15, 0.2) is 0 Å². The summed E-state index contributed by atoms with van der Waals surface area (Å²) in [4.78, 5) is 25.7. The molecule has 1 atom stereocenters. The summed E-state index contributed by atoms with van der Waals surface area (Å²) in [6, 6.07) is 5.98. The SMILES string of the molecule is CC(=O)NC1CCN(C(=O)c2cccc3c2CCCN3)C1. The van der Waals surface area contributed by atoms with Crippen molar-refractivity contribution in [1.29, 1.82) is 0 Å². The van der Waals surface area contributed by atoms with Crippen molar-refractivity contribution >= 4 is 17.5 Å². The average molecular weight is 287 g/mol. The Bertz CT molecular complexity index is 571. The number of fused-ring (bicyclic) bond motifs is 1. The Morgan fingerprint density at radius 2 is 2.24 bits per heavy atom. The lowest BCUT2D eigenvalue weighted by Gasteiger charge is -2.23. The summed E-state index contributed by atoms with van der Waals surface area (Å²) in [5.74, 6) is 0.0546. The van der Waals surface area contributed by atoms with Crippen LogP contribution in [0.2, 0.25) is 0 Å². The predicted octanol–water partition coefficient (Wildman–Crippen LogP) is 1.40. The lowest BCUT2D eigenvalue weighted by atomic mass is 9.97. The minimum atomic E-state index is -0.0319. The van der Waals surface area contributed by atoms with Crippen LogP contribution in [0.1, 0.15) is 35.7 Å². The van der Waals surface area contributed by atoms with Gasteiger partial charge in [0.05, 0.1) is 0 Å². The maximum atomic E-state index is 12.7. The molecule has 3 rings (SSSR count). The minimum absolute atomic E-state index is 0.0319. The number of anilines is 1. The summed E-state index contributed by atoms with van der Waals surface area (Å²) in [6.07, 6.45) is 2.84. The molecule has 1 aromatic rings. The van der Waals surface area contributed by atoms with E-state index in [1.807, 2.05) is 23.1 Å². The van der Waals surface area contributed by atoms with Crippen molar-refractivity contribution in [2.24, 2.45) is 0 Å². The zero-order valence-electron chi connectivity index (χ0n) is 12.3. The van der Waals surface area contributed by atoms with Gasteiger partial charge >= 0.3 is 0 Å². The van der Waals surface area contributed by atoms with Crippen LogP contribution in [0.4, 0.5) is 5.69 Å². The Morgan fingerprint density at radius 1 is 1.38 bits per heavy atom. The van der Waals surface area contributed by atoms with Crippen LogP contribution in [0.25, 0.3) is 0 Å². The van der Waals surface area contributed by atoms with Crippen LogP contribution in [0.5, 0.6) is 0 Å². The van der Waals surface area contributed by atoms with E-state index >= 15 is 0 Å². The second-order valence-electron chi connectivity index (χ2n) is 5.80. The van der Waals surface area contributed by atoms with E-state index in [0.29, 0.717) is 13.1 Å². The third kappa shape index (κ3) is 2.86. The number of hydrogen-bond donors (Lipinski definition) is 2. The number of amides is 2. The van der Waals surface area contributed by atoms with Crippen molar-refractivity contribution in [1.82, 2.24) is 10.2 Å². The van der Waals surface area contributed by atoms with Crippen LogP contribution in [0.15, 0.2) is 18.2 Å². The summed E-state index contributed by atoms with van der Waals surface area (Å²) in [7, 11) is 0. The number of nitrogens with zero attached hydrogens (tertiary/aromatic N) is 1. The van der Waals surface area contributed by atoms with Gasteiger partial charge in [0.25, 0.3) is 5.91 Å². The second-order valence-corrected chi connectivity index (χ2v) is 5.80. The van der Waals surface area contributed by atoms with Crippen LogP contribution in [-0.2, 0) is 11.2 Å². The number of carbonyl (C=O) groups excluding carboxylic acids is 2. The zero-order valence-corrected chi connectivity index (χ0v) is 12.3. The highest BCUT2D eigenvalue weighted by Crippen LogP contribution is 2.27. The molecule has 1 fully saturated rings. The van der Waals surface area contributed by atoms with E-state index in [0.717, 1.165) is 42.6 Å². The molecule has 1 saturated heterocycles. The molecule has 112 valence electrons. The Kier molecular flexibility index (Phi) is 3.82. The van der Waals surface area contributed by atoms with Gasteiger partial charge in [-0.1, -0.05) is 6.07 Å². The molecule has 2 aliphatic heterocycles. The van der Waals surface area contributed by atoms with Crippen LogP contribution in [0, 0.1) is 0 Å². The first kappa shape index (κ1) is 13.9. The molecule has 2 aliphatic rings. The molecule has 2 amide bonds. The first-order valence-electron chi connectivity index (χ1n) is 7.57. The number of carbonyl (C=O) groups is 2. The third-order valence-corrected chi connectivity index (χ3v) is 4.21. The smallest absolute Gasteiger partial charge is 0.254 e. The Balaban J connectivity index is 1.76. The summed E-state index contributed by atoms with van der Waals surface area (Å²) in [5, 5.41) is 6.25. The quantitative estimate of drug-likeness (QED) is 0.864. The van der Waals surface area contributed by atoms with Gasteiger partial charge in [0.1, 0.15) is 0 Å². The minimum Gasteiger partial charge on any atom is -0.385 e. The van der Waals surface area contributed by atoms with E-state index in [1.165, 1.54) is 6.92 Å². The number of benzene rings is 1. The van der Waals surface area contributed by atoms with E-state index < -0.39 is 0 Å². The standard InChI is InChI=1S/C16H21N3O2/c1-11(20)18-12-7-9-19(10-12)16(21)14-4-2-6-15-13(14)5-3-8-17-15/h2,4,6,12,17H,3,5,7-10H2,1H3,(H,18,20). The fourth-order valence-electron chi connectivity index (χ4n) is 3.23. The van der Waals surface area contributed by atoms with Gasteiger partial charge < -0.3 is 15.5 Å². The normalized spacial score (nSPS) is 20.6. The molecular weight excluding hydrogens is 266 g/mol. The Hall–Kier alpha value is -2.04. The molecule has 5 heteroatoms. The Morgan fingerprint density at radius 3 is 3.05 bits per heavy atom. The first-order valence-corrected chi connectivity index (χ1v) is 7.57. The number of nitrogens with one attached hydrogen (secondary N) is 2. The van der Waals surface area contributed by atoms with Crippen LogP contribution in [-0.4, -0.2) is 42.4 Å². The first-order chi connectivity index (χ1) is 10.1. The number of rotatable bonds is 2. The van der Waals surface area contributed by atoms with Gasteiger partial charge in [-0.05, 0) is 37.0 Å². The third-order valence-electron chi connectivity index (χ3n) is 4.21. The molecule has 0 spiro atoms. The average Bonchev–Trinajstić information content (AvgIpc) is 2.93. The topological polar surface area (TPSA) is 61.4 Å². The summed E-state index contributed by atoms with van der Waals surface area (Å²) in [5.41, 5.74) is 3.03. The van der Waals surface area contributed by atoms with Gasteiger partial charge in [-0.15, -0.1) is 0 Å². The molecule has 21 heavy (non-hydrogen) atoms. The second kappa shape index (κ2) is 5.76. The lowest BCUT2D eigenvalue weighted by molar-refractivity contribution is -0.119. The van der Waals surface area contributed by atoms with Gasteiger partial charge in [0.2, 0.25) is 5.91 Å². The highest BCUT2D eigenvalue weighted by molar-refractivity contribution is 5.97. The Labute approximate surface area is 124 Å². The van der Waals surface area contributed by atoms with Crippen molar-refractivity contribution in [2.45, 2.75) is 32.2 Å². The molecule has 1 aromatic carbocycles. The molecule has 0 aliphatic carbocycles. The predicted molar refractivity (Wildman–Crippen MR) is 81.4 cm³/mol. The van der Waals surface area contributed by atoms with Gasteiger partial charge in [0, 0.05) is 43.9 Å². The summed E-state index contributed by atoms with van der Waals surface area (Å²) >= 11 is 0. The molecule has 2 heterocycles. The highest BCUT2D eigenvalue weighted by Gasteiger charge is 2.29. The molecule has 0 saturated carbocycles. The van der Waals surface area contributed by atoms with Gasteiger partial charge in [-0.2, -0.15) is 0 Å². The van der Waals surface area contributed by atoms with Crippen molar-refractivity contribution in [2.75, 3.05) is 25.0 Å². The molecule has 5 nitrogen and oxygen atoms in total. The maximum absolute atomic E-state index is 12.7. The highest BCUT2D eigenvalue weighted by atomic mass is 16.2. The molecule has 0 bridgehead atoms. The van der Waals surface area contributed by atoms with Crippen molar-refractivity contribution in [3.05, 3.63) is 29.3 Å². The molecule has 0 aromatic heterocycles. The van der Waals surface area contributed by atoms with Gasteiger partial charge in [-0.25, -0.2) is 0 Å². The number of hydrogen-bond acceptors (Lipinski definition) is 3. The molecule has 1 unspecified atom stereocenters. The van der Waals surface area contributed by atoms with E-state index in [4.69, 9.17) is 0 Å². The van der Waals surface area contributed by atoms with E-state index in [2.05, 4.69) is 10.6 Å². The van der Waals surface area contributed by atoms with Crippen LogP contribution < -0.4 is 10.6 Å². The molecule has 2 N–H and O–H groups in total. The van der Waals surface area contributed by atoms with Crippen molar-refractivity contribution in [3.63, 3.8) is 0 Å². The van der Waals surface area contributed by atoms with Crippen molar-refractivity contribution in [3.8, 4) is 0 Å². The van der Waals surface area contributed by atoms with E-state index in [-0.39, 0.29) is 17.9 Å². The summed E-state index contributed by atoms with van der Waals surface area (Å²) < 4.78 is 0. The fourth-order valence-corrected chi connectivity index (χ4v) is 3.23. The van der Waals surface area contributed by atoms with Crippen molar-refractivity contribution < 1.29 is 9.59 Å².